The van der Waals surface area contributed by atoms with Crippen LogP contribution in [-0.4, -0.2) is 25.2 Å². The lowest BCUT2D eigenvalue weighted by molar-refractivity contribution is -0.121. The molecule has 6 heteroatoms. The van der Waals surface area contributed by atoms with Gasteiger partial charge in [-0.2, -0.15) is 0 Å². The molecule has 19 heavy (non-hydrogen) atoms. The van der Waals surface area contributed by atoms with Gasteiger partial charge in [0.25, 0.3) is 0 Å². The Hall–Kier alpha value is -0.780. The van der Waals surface area contributed by atoms with E-state index in [1.807, 2.05) is 12.1 Å². The summed E-state index contributed by atoms with van der Waals surface area (Å²) in [4.78, 5) is 11.6. The molecular formula is C13H16BrClN2O2. The Bertz CT molecular complexity index is 464. The molecule has 0 spiro atoms. The van der Waals surface area contributed by atoms with E-state index in [1.165, 1.54) is 0 Å². The largest absolute Gasteiger partial charge is 0.381 e. The van der Waals surface area contributed by atoms with Crippen LogP contribution in [0, 0.1) is 5.92 Å². The van der Waals surface area contributed by atoms with Gasteiger partial charge < -0.3 is 15.8 Å². The van der Waals surface area contributed by atoms with Crippen LogP contribution >= 0.6 is 27.5 Å². The van der Waals surface area contributed by atoms with Crippen molar-refractivity contribution in [2.75, 3.05) is 18.5 Å². The van der Waals surface area contributed by atoms with Crippen molar-refractivity contribution in [3.8, 4) is 0 Å². The number of anilines is 1. The molecule has 1 aromatic carbocycles. The fourth-order valence-corrected chi connectivity index (χ4v) is 2.71. The Kier molecular flexibility index (Phi) is 5.07. The number of primary amides is 1. The summed E-state index contributed by atoms with van der Waals surface area (Å²) in [6, 6.07) is 5.01. The zero-order valence-electron chi connectivity index (χ0n) is 10.4. The summed E-state index contributed by atoms with van der Waals surface area (Å²) < 4.78 is 6.20. The van der Waals surface area contributed by atoms with Crippen LogP contribution in [0.5, 0.6) is 0 Å². The normalized spacial score (nSPS) is 20.8. The van der Waals surface area contributed by atoms with Gasteiger partial charge in [-0.25, -0.2) is 0 Å². The van der Waals surface area contributed by atoms with Crippen LogP contribution in [0.1, 0.15) is 12.8 Å². The average molecular weight is 348 g/mol. The van der Waals surface area contributed by atoms with Crippen molar-refractivity contribution >= 4 is 39.1 Å². The standard InChI is InChI=1S/C13H16BrClN2O2/c14-10-6-9(3-4-11(10)15)17-12(13(16)18)8-2-1-5-19-7-8/h3-4,6,8,12,17H,1-2,5,7H2,(H2,16,18). The van der Waals surface area contributed by atoms with Gasteiger partial charge in [0.15, 0.2) is 0 Å². The Morgan fingerprint density at radius 2 is 2.37 bits per heavy atom. The molecule has 2 rings (SSSR count). The van der Waals surface area contributed by atoms with Crippen LogP contribution in [-0.2, 0) is 9.53 Å². The van der Waals surface area contributed by atoms with Gasteiger partial charge in [0.2, 0.25) is 5.91 Å². The predicted molar refractivity (Wildman–Crippen MR) is 79.3 cm³/mol. The van der Waals surface area contributed by atoms with Crippen LogP contribution in [0.25, 0.3) is 0 Å². The Morgan fingerprint density at radius 3 is 2.95 bits per heavy atom. The molecule has 1 heterocycles. The van der Waals surface area contributed by atoms with Gasteiger partial charge in [0.05, 0.1) is 11.6 Å². The number of benzene rings is 1. The van der Waals surface area contributed by atoms with Crippen molar-refractivity contribution in [1.29, 1.82) is 0 Å². The fourth-order valence-electron chi connectivity index (χ4n) is 2.22. The molecule has 0 bridgehead atoms. The van der Waals surface area contributed by atoms with Crippen molar-refractivity contribution in [3.05, 3.63) is 27.7 Å². The molecule has 0 saturated carbocycles. The highest BCUT2D eigenvalue weighted by molar-refractivity contribution is 9.10. The highest BCUT2D eigenvalue weighted by atomic mass is 79.9. The van der Waals surface area contributed by atoms with E-state index in [0.717, 1.165) is 29.6 Å². The molecule has 1 amide bonds. The summed E-state index contributed by atoms with van der Waals surface area (Å²) >= 11 is 9.30. The first-order chi connectivity index (χ1) is 9.08. The summed E-state index contributed by atoms with van der Waals surface area (Å²) in [5.41, 5.74) is 6.30. The smallest absolute Gasteiger partial charge is 0.240 e. The van der Waals surface area contributed by atoms with Crippen molar-refractivity contribution in [2.24, 2.45) is 11.7 Å². The van der Waals surface area contributed by atoms with Crippen molar-refractivity contribution in [2.45, 2.75) is 18.9 Å². The minimum absolute atomic E-state index is 0.112. The summed E-state index contributed by atoms with van der Waals surface area (Å²) in [5, 5.41) is 3.80. The predicted octanol–water partition coefficient (Wildman–Crippen LogP) is 2.79. The van der Waals surface area contributed by atoms with Crippen LogP contribution in [0.15, 0.2) is 22.7 Å². The van der Waals surface area contributed by atoms with Crippen LogP contribution in [0.4, 0.5) is 5.69 Å². The second-order valence-electron chi connectivity index (χ2n) is 4.63. The first-order valence-corrected chi connectivity index (χ1v) is 7.33. The number of carbonyl (C=O) groups excluding carboxylic acids is 1. The first kappa shape index (κ1) is 14.6. The summed E-state index contributed by atoms with van der Waals surface area (Å²) in [6.45, 7) is 1.32. The Labute approximate surface area is 125 Å². The van der Waals surface area contributed by atoms with Crippen molar-refractivity contribution in [3.63, 3.8) is 0 Å². The topological polar surface area (TPSA) is 64.4 Å². The van der Waals surface area contributed by atoms with E-state index < -0.39 is 6.04 Å². The second kappa shape index (κ2) is 6.59. The summed E-state index contributed by atoms with van der Waals surface area (Å²) in [6.07, 6.45) is 1.90. The molecule has 4 nitrogen and oxygen atoms in total. The van der Waals surface area contributed by atoms with Crippen molar-refractivity contribution in [1.82, 2.24) is 0 Å². The van der Waals surface area contributed by atoms with E-state index in [0.29, 0.717) is 11.6 Å². The number of hydrogen-bond donors (Lipinski definition) is 2. The van der Waals surface area contributed by atoms with E-state index >= 15 is 0 Å². The monoisotopic (exact) mass is 346 g/mol. The number of ether oxygens (including phenoxy) is 1. The Balaban J connectivity index is 2.11. The second-order valence-corrected chi connectivity index (χ2v) is 5.89. The molecule has 1 aliphatic heterocycles. The van der Waals surface area contributed by atoms with Gasteiger partial charge >= 0.3 is 0 Å². The zero-order valence-corrected chi connectivity index (χ0v) is 12.7. The third kappa shape index (κ3) is 3.84. The molecule has 0 aliphatic carbocycles. The zero-order chi connectivity index (χ0) is 13.8. The van der Waals surface area contributed by atoms with Crippen LogP contribution in [0.2, 0.25) is 5.02 Å². The first-order valence-electron chi connectivity index (χ1n) is 6.16. The fraction of sp³-hybridized carbons (Fsp3) is 0.462. The maximum Gasteiger partial charge on any atom is 0.240 e. The molecule has 0 aromatic heterocycles. The van der Waals surface area contributed by atoms with Gasteiger partial charge in [-0.15, -0.1) is 0 Å². The Morgan fingerprint density at radius 1 is 1.58 bits per heavy atom. The molecule has 104 valence electrons. The number of halogens is 2. The summed E-state index contributed by atoms with van der Waals surface area (Å²) in [7, 11) is 0. The van der Waals surface area contributed by atoms with E-state index in [1.54, 1.807) is 6.07 Å². The van der Waals surface area contributed by atoms with Gasteiger partial charge in [-0.05, 0) is 47.0 Å². The summed E-state index contributed by atoms with van der Waals surface area (Å²) in [5.74, 6) is -0.248. The van der Waals surface area contributed by atoms with Crippen LogP contribution < -0.4 is 11.1 Å². The lowest BCUT2D eigenvalue weighted by atomic mass is 9.93. The number of nitrogens with one attached hydrogen (secondary N) is 1. The average Bonchev–Trinajstić information content (AvgIpc) is 2.40. The molecule has 1 aromatic rings. The SMILES string of the molecule is NC(=O)C(Nc1ccc(Cl)c(Br)c1)C1CCCOC1. The molecular weight excluding hydrogens is 332 g/mol. The van der Waals surface area contributed by atoms with Gasteiger partial charge in [-0.3, -0.25) is 4.79 Å². The third-order valence-corrected chi connectivity index (χ3v) is 4.43. The molecule has 2 atom stereocenters. The van der Waals surface area contributed by atoms with Gasteiger partial charge in [0.1, 0.15) is 6.04 Å². The molecule has 0 radical (unpaired) electrons. The minimum Gasteiger partial charge on any atom is -0.381 e. The van der Waals surface area contributed by atoms with E-state index in [9.17, 15) is 4.79 Å². The van der Waals surface area contributed by atoms with Crippen LogP contribution in [0.3, 0.4) is 0 Å². The number of amides is 1. The molecule has 1 fully saturated rings. The van der Waals surface area contributed by atoms with Gasteiger partial charge in [-0.1, -0.05) is 11.6 Å². The third-order valence-electron chi connectivity index (χ3n) is 3.22. The molecule has 3 N–H and O–H groups in total. The highest BCUT2D eigenvalue weighted by Gasteiger charge is 2.28. The maximum absolute atomic E-state index is 11.6. The number of carbonyl (C=O) groups is 1. The minimum atomic E-state index is -0.423. The lowest BCUT2D eigenvalue weighted by Crippen LogP contribution is -2.44. The molecule has 1 aliphatic rings. The van der Waals surface area contributed by atoms with Gasteiger partial charge in [0, 0.05) is 22.7 Å². The lowest BCUT2D eigenvalue weighted by Gasteiger charge is -2.29. The van der Waals surface area contributed by atoms with E-state index in [-0.39, 0.29) is 11.8 Å². The number of hydrogen-bond acceptors (Lipinski definition) is 3. The van der Waals surface area contributed by atoms with E-state index in [4.69, 9.17) is 22.1 Å². The molecule has 2 unspecified atom stereocenters. The quantitative estimate of drug-likeness (QED) is 0.880. The number of rotatable bonds is 4. The van der Waals surface area contributed by atoms with E-state index in [2.05, 4.69) is 21.2 Å². The highest BCUT2D eigenvalue weighted by Crippen LogP contribution is 2.27. The number of nitrogens with two attached hydrogens (primary N) is 1. The molecule has 1 saturated heterocycles. The maximum atomic E-state index is 11.6. The van der Waals surface area contributed by atoms with Crippen molar-refractivity contribution < 1.29 is 9.53 Å².